The van der Waals surface area contributed by atoms with E-state index in [1.54, 1.807) is 6.92 Å². The highest BCUT2D eigenvalue weighted by atomic mass is 16.5. The molecule has 0 heterocycles. The van der Waals surface area contributed by atoms with Gasteiger partial charge in [-0.1, -0.05) is 19.1 Å². The van der Waals surface area contributed by atoms with Gasteiger partial charge < -0.3 is 15.2 Å². The Morgan fingerprint density at radius 1 is 1.47 bits per heavy atom. The second-order valence-corrected chi connectivity index (χ2v) is 5.31. The lowest BCUT2D eigenvalue weighted by Gasteiger charge is -2.27. The third kappa shape index (κ3) is 3.71. The Labute approximate surface area is 116 Å². The Bertz CT molecular complexity index is 404. The zero-order valence-electron chi connectivity index (χ0n) is 12.0. The molecule has 0 spiro atoms. The summed E-state index contributed by atoms with van der Waals surface area (Å²) < 4.78 is 5.85. The number of benzene rings is 1. The number of ether oxygens (including phenoxy) is 1. The third-order valence-electron chi connectivity index (χ3n) is 3.71. The minimum absolute atomic E-state index is 0.297. The van der Waals surface area contributed by atoms with Crippen molar-refractivity contribution < 1.29 is 9.84 Å². The van der Waals surface area contributed by atoms with Gasteiger partial charge in [-0.25, -0.2) is 0 Å². The molecule has 1 aromatic carbocycles. The Balaban J connectivity index is 2.10. The van der Waals surface area contributed by atoms with Crippen LogP contribution in [0.15, 0.2) is 18.2 Å². The van der Waals surface area contributed by atoms with Crippen LogP contribution in [0.25, 0.3) is 0 Å². The third-order valence-corrected chi connectivity index (χ3v) is 3.71. The number of fused-ring (bicyclic) bond motifs is 1. The molecule has 2 atom stereocenters. The van der Waals surface area contributed by atoms with Crippen molar-refractivity contribution in [3.63, 3.8) is 0 Å². The minimum atomic E-state index is -0.297. The second-order valence-electron chi connectivity index (χ2n) is 5.31. The van der Waals surface area contributed by atoms with Crippen LogP contribution in [0.5, 0.6) is 5.75 Å². The van der Waals surface area contributed by atoms with Crippen molar-refractivity contribution >= 4 is 0 Å². The van der Waals surface area contributed by atoms with E-state index in [-0.39, 0.29) is 6.10 Å². The predicted octanol–water partition coefficient (Wildman–Crippen LogP) is 2.82. The molecule has 3 nitrogen and oxygen atoms in total. The molecule has 0 bridgehead atoms. The smallest absolute Gasteiger partial charge is 0.122 e. The standard InChI is InChI=1S/C16H25NO2/c1-3-17-15-8-4-7-14-13(15)6-5-9-16(14)19-11-10-12(2)18/h5-6,9,12,15,17-18H,3-4,7-8,10-11H2,1-2H3. The Hall–Kier alpha value is -1.06. The maximum absolute atomic E-state index is 9.29. The van der Waals surface area contributed by atoms with Crippen LogP contribution in [0.1, 0.15) is 50.3 Å². The van der Waals surface area contributed by atoms with E-state index in [9.17, 15) is 5.11 Å². The fourth-order valence-electron chi connectivity index (χ4n) is 2.75. The molecule has 0 aliphatic heterocycles. The summed E-state index contributed by atoms with van der Waals surface area (Å²) in [5.41, 5.74) is 2.74. The van der Waals surface area contributed by atoms with Crippen molar-refractivity contribution in [1.82, 2.24) is 5.32 Å². The van der Waals surface area contributed by atoms with Gasteiger partial charge in [-0.15, -0.1) is 0 Å². The highest BCUT2D eigenvalue weighted by molar-refractivity contribution is 5.43. The van der Waals surface area contributed by atoms with E-state index in [0.29, 0.717) is 19.1 Å². The predicted molar refractivity (Wildman–Crippen MR) is 77.6 cm³/mol. The van der Waals surface area contributed by atoms with Crippen LogP contribution >= 0.6 is 0 Å². The molecule has 0 saturated heterocycles. The summed E-state index contributed by atoms with van der Waals surface area (Å²) in [7, 11) is 0. The summed E-state index contributed by atoms with van der Waals surface area (Å²) in [5.74, 6) is 1.00. The first-order chi connectivity index (χ1) is 9.22. The van der Waals surface area contributed by atoms with Gasteiger partial charge >= 0.3 is 0 Å². The van der Waals surface area contributed by atoms with Crippen LogP contribution in [0, 0.1) is 0 Å². The van der Waals surface area contributed by atoms with E-state index in [4.69, 9.17) is 4.74 Å². The highest BCUT2D eigenvalue weighted by Crippen LogP contribution is 2.35. The zero-order valence-corrected chi connectivity index (χ0v) is 12.0. The number of rotatable bonds is 6. The summed E-state index contributed by atoms with van der Waals surface area (Å²) in [5, 5.41) is 12.8. The summed E-state index contributed by atoms with van der Waals surface area (Å²) in [6.07, 6.45) is 3.90. The van der Waals surface area contributed by atoms with E-state index >= 15 is 0 Å². The van der Waals surface area contributed by atoms with Gasteiger partial charge in [0.15, 0.2) is 0 Å². The molecule has 0 aromatic heterocycles. The van der Waals surface area contributed by atoms with Crippen molar-refractivity contribution in [1.29, 1.82) is 0 Å². The molecule has 106 valence electrons. The van der Waals surface area contributed by atoms with Crippen LogP contribution in [0.2, 0.25) is 0 Å². The van der Waals surface area contributed by atoms with E-state index in [2.05, 4.69) is 30.4 Å². The summed E-state index contributed by atoms with van der Waals surface area (Å²) >= 11 is 0. The molecule has 3 heteroatoms. The summed E-state index contributed by atoms with van der Waals surface area (Å²) in [6, 6.07) is 6.80. The van der Waals surface area contributed by atoms with Crippen molar-refractivity contribution in [3.05, 3.63) is 29.3 Å². The average molecular weight is 263 g/mol. The normalized spacial score (nSPS) is 19.8. The molecule has 0 saturated carbocycles. The Morgan fingerprint density at radius 3 is 3.05 bits per heavy atom. The number of aliphatic hydroxyl groups excluding tert-OH is 1. The van der Waals surface area contributed by atoms with E-state index < -0.39 is 0 Å². The largest absolute Gasteiger partial charge is 0.493 e. The Kier molecular flexibility index (Phi) is 5.23. The van der Waals surface area contributed by atoms with Gasteiger partial charge in [0.2, 0.25) is 0 Å². The van der Waals surface area contributed by atoms with Gasteiger partial charge in [0.1, 0.15) is 5.75 Å². The van der Waals surface area contributed by atoms with Gasteiger partial charge in [-0.3, -0.25) is 0 Å². The molecule has 0 amide bonds. The van der Waals surface area contributed by atoms with Crippen LogP contribution in [-0.2, 0) is 6.42 Å². The first kappa shape index (κ1) is 14.4. The van der Waals surface area contributed by atoms with E-state index in [1.807, 2.05) is 0 Å². The summed E-state index contributed by atoms with van der Waals surface area (Å²) in [4.78, 5) is 0. The minimum Gasteiger partial charge on any atom is -0.493 e. The zero-order chi connectivity index (χ0) is 13.7. The fraction of sp³-hybridized carbons (Fsp3) is 0.625. The van der Waals surface area contributed by atoms with E-state index in [1.165, 1.54) is 24.0 Å². The topological polar surface area (TPSA) is 41.5 Å². The van der Waals surface area contributed by atoms with Crippen LogP contribution < -0.4 is 10.1 Å². The van der Waals surface area contributed by atoms with Crippen LogP contribution in [0.3, 0.4) is 0 Å². The molecular weight excluding hydrogens is 238 g/mol. The first-order valence-corrected chi connectivity index (χ1v) is 7.38. The monoisotopic (exact) mass is 263 g/mol. The molecule has 2 unspecified atom stereocenters. The van der Waals surface area contributed by atoms with Gasteiger partial charge in [0, 0.05) is 12.5 Å². The SMILES string of the molecule is CCNC1CCCc2c(OCCC(C)O)cccc21. The highest BCUT2D eigenvalue weighted by Gasteiger charge is 2.21. The lowest BCUT2D eigenvalue weighted by atomic mass is 9.87. The maximum atomic E-state index is 9.29. The molecule has 2 N–H and O–H groups in total. The molecular formula is C16H25NO2. The quantitative estimate of drug-likeness (QED) is 0.829. The van der Waals surface area contributed by atoms with Gasteiger partial charge in [-0.2, -0.15) is 0 Å². The second kappa shape index (κ2) is 6.92. The molecule has 1 aliphatic carbocycles. The lowest BCUT2D eigenvalue weighted by Crippen LogP contribution is -2.25. The van der Waals surface area contributed by atoms with Crippen molar-refractivity contribution in [3.8, 4) is 5.75 Å². The fourth-order valence-corrected chi connectivity index (χ4v) is 2.75. The molecule has 0 radical (unpaired) electrons. The van der Waals surface area contributed by atoms with Gasteiger partial charge in [-0.05, 0) is 49.9 Å². The molecule has 2 rings (SSSR count). The van der Waals surface area contributed by atoms with Crippen molar-refractivity contribution in [2.45, 2.75) is 51.7 Å². The van der Waals surface area contributed by atoms with E-state index in [0.717, 1.165) is 18.7 Å². The maximum Gasteiger partial charge on any atom is 0.122 e. The van der Waals surface area contributed by atoms with Gasteiger partial charge in [0.25, 0.3) is 0 Å². The number of nitrogens with one attached hydrogen (secondary N) is 1. The number of hydrogen-bond donors (Lipinski definition) is 2. The molecule has 1 aliphatic rings. The van der Waals surface area contributed by atoms with Crippen molar-refractivity contribution in [2.75, 3.05) is 13.2 Å². The van der Waals surface area contributed by atoms with Crippen molar-refractivity contribution in [2.24, 2.45) is 0 Å². The summed E-state index contributed by atoms with van der Waals surface area (Å²) in [6.45, 7) is 5.53. The average Bonchev–Trinajstić information content (AvgIpc) is 2.39. The first-order valence-electron chi connectivity index (χ1n) is 7.38. The van der Waals surface area contributed by atoms with Crippen LogP contribution in [-0.4, -0.2) is 24.4 Å². The Morgan fingerprint density at radius 2 is 2.32 bits per heavy atom. The van der Waals surface area contributed by atoms with Gasteiger partial charge in [0.05, 0.1) is 12.7 Å². The molecule has 19 heavy (non-hydrogen) atoms. The molecule has 0 fully saturated rings. The number of aliphatic hydroxyl groups is 1. The lowest BCUT2D eigenvalue weighted by molar-refractivity contribution is 0.155. The van der Waals surface area contributed by atoms with Crippen LogP contribution in [0.4, 0.5) is 0 Å². The molecule has 1 aromatic rings. The number of hydrogen-bond acceptors (Lipinski definition) is 3.